The summed E-state index contributed by atoms with van der Waals surface area (Å²) in [5, 5.41) is 2.71. The number of ether oxygens (including phenoxy) is 3. The molecular weight excluding hydrogens is 526 g/mol. The molecule has 0 unspecified atom stereocenters. The fourth-order valence-corrected chi connectivity index (χ4v) is 4.11. The highest BCUT2D eigenvalue weighted by Gasteiger charge is 2.34. The summed E-state index contributed by atoms with van der Waals surface area (Å²) in [6.07, 6.45) is 0.488. The van der Waals surface area contributed by atoms with Gasteiger partial charge in [0.25, 0.3) is 0 Å². The third-order valence-corrected chi connectivity index (χ3v) is 6.36. The van der Waals surface area contributed by atoms with Crippen LogP contribution in [0.2, 0.25) is 0 Å². The van der Waals surface area contributed by atoms with Crippen LogP contribution in [0.4, 0.5) is 0 Å². The smallest absolute Gasteiger partial charge is 0.309 e. The lowest BCUT2D eigenvalue weighted by Crippen LogP contribution is -2.40. The maximum Gasteiger partial charge on any atom is 0.309 e. The lowest BCUT2D eigenvalue weighted by Gasteiger charge is -2.24. The Morgan fingerprint density at radius 1 is 0.829 bits per heavy atom. The molecule has 9 heteroatoms. The molecule has 220 valence electrons. The first-order chi connectivity index (χ1) is 19.7. The lowest BCUT2D eigenvalue weighted by atomic mass is 9.87. The summed E-state index contributed by atoms with van der Waals surface area (Å²) in [7, 11) is 0. The van der Waals surface area contributed by atoms with E-state index in [1.807, 2.05) is 18.2 Å². The monoisotopic (exact) mass is 565 g/mol. The zero-order valence-electron chi connectivity index (χ0n) is 23.9. The maximum atomic E-state index is 13.6. The van der Waals surface area contributed by atoms with E-state index in [4.69, 9.17) is 14.2 Å². The van der Waals surface area contributed by atoms with Crippen LogP contribution in [0.15, 0.2) is 73.3 Å². The van der Waals surface area contributed by atoms with E-state index in [2.05, 4.69) is 11.9 Å². The molecule has 1 amide bonds. The number of amides is 1. The van der Waals surface area contributed by atoms with Crippen molar-refractivity contribution in [2.75, 3.05) is 13.2 Å². The molecule has 2 rings (SSSR count). The molecule has 0 radical (unpaired) electrons. The number of esters is 3. The molecule has 1 N–H and O–H groups in total. The number of rotatable bonds is 17. The summed E-state index contributed by atoms with van der Waals surface area (Å²) in [6.45, 7) is 8.92. The predicted molar refractivity (Wildman–Crippen MR) is 152 cm³/mol. The van der Waals surface area contributed by atoms with Crippen molar-refractivity contribution in [2.45, 2.75) is 52.7 Å². The van der Waals surface area contributed by atoms with Gasteiger partial charge in [0.15, 0.2) is 5.78 Å². The second kappa shape index (κ2) is 17.4. The molecule has 2 aromatic carbocycles. The van der Waals surface area contributed by atoms with E-state index in [0.717, 1.165) is 5.56 Å². The molecule has 0 saturated carbocycles. The highest BCUT2D eigenvalue weighted by atomic mass is 16.5. The van der Waals surface area contributed by atoms with Gasteiger partial charge in [0.05, 0.1) is 31.3 Å². The largest absolute Gasteiger partial charge is 0.466 e. The van der Waals surface area contributed by atoms with Gasteiger partial charge in [0.2, 0.25) is 5.91 Å². The summed E-state index contributed by atoms with van der Waals surface area (Å²) in [5.74, 6) is -5.06. The van der Waals surface area contributed by atoms with Crippen LogP contribution in [0.25, 0.3) is 0 Å². The second-order valence-corrected chi connectivity index (χ2v) is 9.85. The standard InChI is InChI=1S/C32H39NO8/c1-5-17-40-32(38)26(22(3)4)20-27(34)30(24-15-11-8-12-16-24)33-31(37)25(18-28(35)39-6-2)19-29(36)41-21-23-13-9-7-10-14-23/h5,7-16,22,25-26,30H,1,6,17-21H2,2-4H3,(H,33,37)/t25-,26+,30+/m1/s1. The second-order valence-electron chi connectivity index (χ2n) is 9.85. The minimum Gasteiger partial charge on any atom is -0.466 e. The molecule has 0 saturated heterocycles. The lowest BCUT2D eigenvalue weighted by molar-refractivity contribution is -0.152. The molecule has 0 aliphatic carbocycles. The molecule has 9 nitrogen and oxygen atoms in total. The first-order valence-corrected chi connectivity index (χ1v) is 13.7. The molecule has 0 spiro atoms. The van der Waals surface area contributed by atoms with E-state index in [1.165, 1.54) is 6.08 Å². The maximum absolute atomic E-state index is 13.6. The third kappa shape index (κ3) is 11.4. The van der Waals surface area contributed by atoms with Gasteiger partial charge >= 0.3 is 17.9 Å². The number of hydrogen-bond acceptors (Lipinski definition) is 8. The van der Waals surface area contributed by atoms with Gasteiger partial charge in [0.1, 0.15) is 19.3 Å². The Morgan fingerprint density at radius 3 is 1.98 bits per heavy atom. The molecule has 0 aliphatic rings. The average molecular weight is 566 g/mol. The Labute approximate surface area is 241 Å². The van der Waals surface area contributed by atoms with E-state index in [-0.39, 0.29) is 38.6 Å². The first kappa shape index (κ1) is 32.9. The van der Waals surface area contributed by atoms with Crippen molar-refractivity contribution in [1.82, 2.24) is 5.32 Å². The number of Topliss-reactive ketones (excluding diaryl/α,β-unsaturated/α-hetero) is 1. The Morgan fingerprint density at radius 2 is 1.41 bits per heavy atom. The van der Waals surface area contributed by atoms with Gasteiger partial charge in [-0.15, -0.1) is 0 Å². The molecule has 0 fully saturated rings. The van der Waals surface area contributed by atoms with Crippen molar-refractivity contribution in [2.24, 2.45) is 17.8 Å². The summed E-state index contributed by atoms with van der Waals surface area (Å²) in [6, 6.07) is 16.5. The van der Waals surface area contributed by atoms with Gasteiger partial charge in [-0.25, -0.2) is 0 Å². The molecule has 2 aromatic rings. The first-order valence-electron chi connectivity index (χ1n) is 13.7. The highest BCUT2D eigenvalue weighted by Crippen LogP contribution is 2.25. The van der Waals surface area contributed by atoms with Crippen LogP contribution < -0.4 is 5.32 Å². The molecule has 3 atom stereocenters. The number of carbonyl (C=O) groups is 5. The molecule has 0 bridgehead atoms. The van der Waals surface area contributed by atoms with Crippen molar-refractivity contribution in [3.8, 4) is 0 Å². The summed E-state index contributed by atoms with van der Waals surface area (Å²) in [4.78, 5) is 64.7. The van der Waals surface area contributed by atoms with Gasteiger partial charge in [-0.2, -0.15) is 0 Å². The molecule has 0 heterocycles. The average Bonchev–Trinajstić information content (AvgIpc) is 2.96. The highest BCUT2D eigenvalue weighted by molar-refractivity contribution is 5.94. The van der Waals surface area contributed by atoms with Crippen LogP contribution in [-0.4, -0.2) is 42.8 Å². The Balaban J connectivity index is 2.24. The minimum absolute atomic E-state index is 0.0110. The van der Waals surface area contributed by atoms with Gasteiger partial charge < -0.3 is 19.5 Å². The van der Waals surface area contributed by atoms with E-state index in [9.17, 15) is 24.0 Å². The quantitative estimate of drug-likeness (QED) is 0.169. The van der Waals surface area contributed by atoms with Crippen molar-refractivity contribution < 1.29 is 38.2 Å². The Bertz CT molecular complexity index is 1160. The van der Waals surface area contributed by atoms with Crippen LogP contribution in [0.5, 0.6) is 0 Å². The number of benzene rings is 2. The van der Waals surface area contributed by atoms with Crippen LogP contribution in [0.1, 0.15) is 57.2 Å². The SMILES string of the molecule is C=CCOC(=O)[C@@H](CC(=O)[C@@H](NC(=O)[C@H](CC(=O)OCC)CC(=O)OCc1ccccc1)c1ccccc1)C(C)C. The van der Waals surface area contributed by atoms with Gasteiger partial charge in [-0.1, -0.05) is 87.2 Å². The Kier molecular flexibility index (Phi) is 14.0. The normalized spacial score (nSPS) is 12.9. The minimum atomic E-state index is -1.14. The topological polar surface area (TPSA) is 125 Å². The fraction of sp³-hybridized carbons (Fsp3) is 0.406. The third-order valence-electron chi connectivity index (χ3n) is 6.36. The zero-order chi connectivity index (χ0) is 30.2. The van der Waals surface area contributed by atoms with Gasteiger partial charge in [-0.3, -0.25) is 24.0 Å². The van der Waals surface area contributed by atoms with Crippen LogP contribution in [-0.2, 0) is 44.8 Å². The number of nitrogens with one attached hydrogen (secondary N) is 1. The van der Waals surface area contributed by atoms with E-state index < -0.39 is 53.9 Å². The fourth-order valence-electron chi connectivity index (χ4n) is 4.11. The summed E-state index contributed by atoms with van der Waals surface area (Å²) in [5.41, 5.74) is 1.27. The van der Waals surface area contributed by atoms with Crippen molar-refractivity contribution >= 4 is 29.6 Å². The zero-order valence-corrected chi connectivity index (χ0v) is 23.9. The van der Waals surface area contributed by atoms with Crippen molar-refractivity contribution in [3.63, 3.8) is 0 Å². The molecule has 0 aromatic heterocycles. The summed E-state index contributed by atoms with van der Waals surface area (Å²) < 4.78 is 15.5. The number of carbonyl (C=O) groups excluding carboxylic acids is 5. The van der Waals surface area contributed by atoms with E-state index in [0.29, 0.717) is 5.56 Å². The van der Waals surface area contributed by atoms with Crippen LogP contribution in [0, 0.1) is 17.8 Å². The number of ketones is 1. The molecule has 41 heavy (non-hydrogen) atoms. The predicted octanol–water partition coefficient (Wildman–Crippen LogP) is 4.51. The van der Waals surface area contributed by atoms with Crippen LogP contribution in [0.3, 0.4) is 0 Å². The van der Waals surface area contributed by atoms with Gasteiger partial charge in [-0.05, 0) is 24.0 Å². The molecular formula is C32H39NO8. The van der Waals surface area contributed by atoms with Gasteiger partial charge in [0, 0.05) is 6.42 Å². The Hall–Kier alpha value is -4.27. The van der Waals surface area contributed by atoms with Crippen LogP contribution >= 0.6 is 0 Å². The van der Waals surface area contributed by atoms with E-state index >= 15 is 0 Å². The van der Waals surface area contributed by atoms with Crippen molar-refractivity contribution in [3.05, 3.63) is 84.4 Å². The van der Waals surface area contributed by atoms with E-state index in [1.54, 1.807) is 63.2 Å². The summed E-state index contributed by atoms with van der Waals surface area (Å²) >= 11 is 0. The molecule has 0 aliphatic heterocycles. The van der Waals surface area contributed by atoms with Crippen molar-refractivity contribution in [1.29, 1.82) is 0 Å². The number of hydrogen-bond donors (Lipinski definition) is 1.